The summed E-state index contributed by atoms with van der Waals surface area (Å²) in [5, 5.41) is 29.2. The molecule has 5 heterocycles. The van der Waals surface area contributed by atoms with Crippen LogP contribution in [0.25, 0.3) is 12.2 Å². The van der Waals surface area contributed by atoms with Gasteiger partial charge in [-0.3, -0.25) is 19.2 Å². The second-order valence-electron chi connectivity index (χ2n) is 12.5. The van der Waals surface area contributed by atoms with E-state index in [1.54, 1.807) is 0 Å². The minimum absolute atomic E-state index is 0.00989. The average molecular weight is 655 g/mol. The Morgan fingerprint density at radius 2 is 1.69 bits per heavy atom. The van der Waals surface area contributed by atoms with Gasteiger partial charge in [0, 0.05) is 87.8 Å². The maximum Gasteiger partial charge on any atom is 0.303 e. The predicted molar refractivity (Wildman–Crippen MR) is 179 cm³/mol. The molecular formula is C33H42N4O6S2. The molecule has 1 aromatic rings. The van der Waals surface area contributed by atoms with E-state index in [0.29, 0.717) is 30.3 Å². The van der Waals surface area contributed by atoms with E-state index in [1.165, 1.54) is 0 Å². The molecule has 0 spiro atoms. The number of carbonyl (C=O) groups excluding carboxylic acids is 2. The van der Waals surface area contributed by atoms with Gasteiger partial charge < -0.3 is 31.1 Å². The Kier molecular flexibility index (Phi) is 9.93. The Balaban J connectivity index is 1.49. The Labute approximate surface area is 273 Å². The van der Waals surface area contributed by atoms with Crippen LogP contribution < -0.4 is 16.0 Å². The van der Waals surface area contributed by atoms with Gasteiger partial charge >= 0.3 is 11.9 Å². The van der Waals surface area contributed by atoms with E-state index in [0.717, 1.165) is 56.4 Å². The molecule has 4 aliphatic heterocycles. The van der Waals surface area contributed by atoms with Gasteiger partial charge in [-0.2, -0.15) is 24.4 Å². The van der Waals surface area contributed by atoms with Crippen molar-refractivity contribution in [2.24, 2.45) is 17.8 Å². The van der Waals surface area contributed by atoms with Crippen molar-refractivity contribution < 1.29 is 29.4 Å². The summed E-state index contributed by atoms with van der Waals surface area (Å²) in [7, 11) is 0. The number of allylic oxidation sites excluding steroid dienone is 2. The van der Waals surface area contributed by atoms with Crippen LogP contribution in [0.1, 0.15) is 69.0 Å². The first kappa shape index (κ1) is 33.0. The fraction of sp³-hybridized carbons (Fsp3) is 0.515. The molecule has 3 fully saturated rings. The zero-order valence-electron chi connectivity index (χ0n) is 26.0. The minimum atomic E-state index is -0.896. The van der Waals surface area contributed by atoms with Gasteiger partial charge in [-0.25, -0.2) is 0 Å². The smallest absolute Gasteiger partial charge is 0.303 e. The molecule has 2 unspecified atom stereocenters. The highest BCUT2D eigenvalue weighted by Gasteiger charge is 2.45. The quantitative estimate of drug-likeness (QED) is 0.101. The molecule has 2 amide bonds. The van der Waals surface area contributed by atoms with Crippen LogP contribution in [-0.4, -0.2) is 67.8 Å². The third kappa shape index (κ3) is 7.06. The van der Waals surface area contributed by atoms with E-state index in [9.17, 15) is 29.4 Å². The molecule has 242 valence electrons. The van der Waals surface area contributed by atoms with Crippen LogP contribution in [0.5, 0.6) is 0 Å². The Morgan fingerprint density at radius 1 is 1.00 bits per heavy atom. The number of rotatable bonds is 12. The maximum absolute atomic E-state index is 12.6. The lowest BCUT2D eigenvalue weighted by atomic mass is 9.90. The summed E-state index contributed by atoms with van der Waals surface area (Å²) < 4.78 is 0. The number of aliphatic carboxylic acids is 2. The molecule has 3 saturated heterocycles. The molecule has 45 heavy (non-hydrogen) atoms. The second-order valence-corrected chi connectivity index (χ2v) is 14.1. The van der Waals surface area contributed by atoms with Crippen LogP contribution >= 0.6 is 24.4 Å². The number of H-pyrrole nitrogens is 1. The topological polar surface area (TPSA) is 161 Å². The number of thiol groups is 1. The van der Waals surface area contributed by atoms with Crippen LogP contribution in [0, 0.1) is 24.7 Å². The molecule has 12 heteroatoms. The number of nitrogens with one attached hydrogen (secondary N) is 4. The lowest BCUT2D eigenvalue weighted by molar-refractivity contribution is -0.138. The second kappa shape index (κ2) is 13.5. The summed E-state index contributed by atoms with van der Waals surface area (Å²) in [5.74, 6) is -0.325. The van der Waals surface area contributed by atoms with Crippen molar-refractivity contribution >= 4 is 60.3 Å². The molecule has 0 aliphatic carbocycles. The van der Waals surface area contributed by atoms with Crippen molar-refractivity contribution in [3.8, 4) is 0 Å². The van der Waals surface area contributed by atoms with Crippen LogP contribution in [0.2, 0.25) is 0 Å². The summed E-state index contributed by atoms with van der Waals surface area (Å²) in [5.41, 5.74) is 7.69. The van der Waals surface area contributed by atoms with Gasteiger partial charge in [-0.15, -0.1) is 0 Å². The highest BCUT2D eigenvalue weighted by Crippen LogP contribution is 2.46. The van der Waals surface area contributed by atoms with E-state index < -0.39 is 11.9 Å². The lowest BCUT2D eigenvalue weighted by Gasteiger charge is -2.21. The average Bonchev–Trinajstić information content (AvgIpc) is 3.56. The van der Waals surface area contributed by atoms with E-state index in [1.807, 2.05) is 57.7 Å². The van der Waals surface area contributed by atoms with Gasteiger partial charge in [-0.1, -0.05) is 19.9 Å². The van der Waals surface area contributed by atoms with Crippen LogP contribution in [0.15, 0.2) is 34.2 Å². The number of carbonyl (C=O) groups is 4. The molecule has 10 nitrogen and oxygen atoms in total. The first-order valence-corrected chi connectivity index (χ1v) is 17.2. The van der Waals surface area contributed by atoms with E-state index in [-0.39, 0.29) is 54.5 Å². The van der Waals surface area contributed by atoms with Crippen LogP contribution in [0.4, 0.5) is 0 Å². The molecular weight excluding hydrogens is 613 g/mol. The molecule has 0 bridgehead atoms. The van der Waals surface area contributed by atoms with Gasteiger partial charge in [0.1, 0.15) is 0 Å². The van der Waals surface area contributed by atoms with Gasteiger partial charge in [0.2, 0.25) is 11.8 Å². The van der Waals surface area contributed by atoms with Crippen molar-refractivity contribution in [1.29, 1.82) is 0 Å². The Bertz CT molecular complexity index is 1540. The van der Waals surface area contributed by atoms with Crippen LogP contribution in [0.3, 0.4) is 0 Å². The van der Waals surface area contributed by atoms with Gasteiger partial charge in [-0.05, 0) is 67.5 Å². The van der Waals surface area contributed by atoms with Gasteiger partial charge in [0.25, 0.3) is 0 Å². The molecule has 1 aromatic heterocycles. The number of hydrogen-bond acceptors (Lipinski definition) is 7. The molecule has 4 aliphatic rings. The summed E-state index contributed by atoms with van der Waals surface area (Å²) in [4.78, 5) is 51.8. The van der Waals surface area contributed by atoms with E-state index >= 15 is 0 Å². The number of carboxylic acids is 2. The molecule has 0 saturated carbocycles. The first-order chi connectivity index (χ1) is 21.4. The third-order valence-electron chi connectivity index (χ3n) is 9.68. The first-order valence-electron chi connectivity index (χ1n) is 15.5. The fourth-order valence-electron chi connectivity index (χ4n) is 6.92. The number of aromatic amines is 1. The molecule has 0 aromatic carbocycles. The standard InChI is InChI=1S/C33H42N4O6S2/c1-15-19(5-7-29(38)39)25(34-22(15)11-24-17(3)21(9-10-44)33(43)36-24)13-26-20(6-8-30(40)41)16(2)23(35-26)12-27-31(28-14-45-28)18(4)32(42)37-27/h9,12-13,17-18,22,24,28,31,34-35,44H,5-8,10-11,14H2,1-4H3,(H,36,43)(H,37,42)(H,38,39)(H,40,41)/b21-9+,25-13+,27-12-/t17?,18-,22?,24-,28+,31-/m1/s1. The summed E-state index contributed by atoms with van der Waals surface area (Å²) in [6, 6.07) is -0.204. The number of thioether (sulfide) groups is 1. The zero-order chi connectivity index (χ0) is 32.6. The summed E-state index contributed by atoms with van der Waals surface area (Å²) in [6.07, 6.45) is 6.99. The predicted octanol–water partition coefficient (Wildman–Crippen LogP) is 4.05. The minimum Gasteiger partial charge on any atom is -0.481 e. The van der Waals surface area contributed by atoms with Crippen molar-refractivity contribution in [2.45, 2.75) is 77.1 Å². The van der Waals surface area contributed by atoms with Gasteiger partial charge in [0.05, 0.1) is 0 Å². The molecule has 5 rings (SSSR count). The van der Waals surface area contributed by atoms with Crippen molar-refractivity contribution in [1.82, 2.24) is 20.9 Å². The molecule has 6 N–H and O–H groups in total. The Hall–Kier alpha value is -3.38. The van der Waals surface area contributed by atoms with E-state index in [4.69, 9.17) is 0 Å². The SMILES string of the molecule is CC1=C(CCC(=O)O)/C(=C\c2[nH]c(/C=C3\NC(=O)[C@H](C)[C@H]3[C@@H]3CS3)c(C)c2CCC(=O)O)NC1C[C@H]1NC(=O)/C(=C/CS)C1C. The van der Waals surface area contributed by atoms with Crippen LogP contribution in [-0.2, 0) is 25.6 Å². The maximum atomic E-state index is 12.6. The lowest BCUT2D eigenvalue weighted by Crippen LogP contribution is -2.36. The number of aromatic nitrogens is 1. The fourth-order valence-corrected chi connectivity index (χ4v) is 8.02. The number of amides is 2. The zero-order valence-corrected chi connectivity index (χ0v) is 27.7. The summed E-state index contributed by atoms with van der Waals surface area (Å²) in [6.45, 7) is 7.95. The number of hydrogen-bond donors (Lipinski definition) is 7. The normalized spacial score (nSPS) is 30.4. The third-order valence-corrected chi connectivity index (χ3v) is 10.9. The largest absolute Gasteiger partial charge is 0.481 e. The van der Waals surface area contributed by atoms with E-state index in [2.05, 4.69) is 33.6 Å². The molecule has 6 atom stereocenters. The monoisotopic (exact) mass is 654 g/mol. The Morgan fingerprint density at radius 3 is 2.33 bits per heavy atom. The molecule has 0 radical (unpaired) electrons. The van der Waals surface area contributed by atoms with Crippen molar-refractivity contribution in [2.75, 3.05) is 11.5 Å². The highest BCUT2D eigenvalue weighted by molar-refractivity contribution is 8.06. The number of carboxylic acid groups (broad SMARTS) is 2. The van der Waals surface area contributed by atoms with Gasteiger partial charge in [0.15, 0.2) is 0 Å². The summed E-state index contributed by atoms with van der Waals surface area (Å²) >= 11 is 6.11. The van der Waals surface area contributed by atoms with Crippen molar-refractivity contribution in [3.05, 3.63) is 56.7 Å². The highest BCUT2D eigenvalue weighted by atomic mass is 32.2. The van der Waals surface area contributed by atoms with Crippen molar-refractivity contribution in [3.63, 3.8) is 0 Å².